The van der Waals surface area contributed by atoms with Crippen LogP contribution in [0.2, 0.25) is 0 Å². The summed E-state index contributed by atoms with van der Waals surface area (Å²) in [6.45, 7) is 4.46. The van der Waals surface area contributed by atoms with Gasteiger partial charge in [-0.1, -0.05) is 13.8 Å². The number of aliphatic hydroxyl groups is 1. The van der Waals surface area contributed by atoms with Crippen molar-refractivity contribution in [2.24, 2.45) is 34.5 Å². The number of Topliss-reactive ketones (excluding diaryl/α,β-unsaturated/α-hetero) is 1. The van der Waals surface area contributed by atoms with Gasteiger partial charge in [0.1, 0.15) is 0 Å². The second kappa shape index (κ2) is 4.78. The molecular formula is C19H29FO2. The van der Waals surface area contributed by atoms with E-state index < -0.39 is 11.6 Å². The minimum Gasteiger partial charge on any atom is -0.393 e. The zero-order valence-electron chi connectivity index (χ0n) is 13.9. The van der Waals surface area contributed by atoms with Gasteiger partial charge in [-0.05, 0) is 80.5 Å². The molecule has 1 N–H and O–H groups in total. The Morgan fingerprint density at radius 3 is 2.59 bits per heavy atom. The number of carbonyl (C=O) groups is 1. The highest BCUT2D eigenvalue weighted by Crippen LogP contribution is 2.65. The number of aliphatic hydroxyl groups excluding tert-OH is 1. The molecule has 8 atom stereocenters. The van der Waals surface area contributed by atoms with Gasteiger partial charge in [-0.2, -0.15) is 0 Å². The molecule has 0 aliphatic heterocycles. The van der Waals surface area contributed by atoms with Crippen molar-refractivity contribution in [2.75, 3.05) is 0 Å². The van der Waals surface area contributed by atoms with Crippen LogP contribution in [0.4, 0.5) is 4.39 Å². The zero-order chi connectivity index (χ0) is 15.7. The third-order valence-corrected chi connectivity index (χ3v) is 8.34. The summed E-state index contributed by atoms with van der Waals surface area (Å²) in [5.41, 5.74) is -0.0844. The first-order valence-electron chi connectivity index (χ1n) is 9.23. The highest BCUT2D eigenvalue weighted by atomic mass is 19.1. The molecular weight excluding hydrogens is 279 g/mol. The number of hydrogen-bond acceptors (Lipinski definition) is 2. The highest BCUT2D eigenvalue weighted by molar-refractivity contribution is 5.91. The summed E-state index contributed by atoms with van der Waals surface area (Å²) < 4.78 is 14.1. The molecule has 22 heavy (non-hydrogen) atoms. The van der Waals surface area contributed by atoms with E-state index in [1.807, 2.05) is 6.92 Å². The number of rotatable bonds is 0. The first kappa shape index (κ1) is 15.1. The number of hydrogen-bond donors (Lipinski definition) is 1. The van der Waals surface area contributed by atoms with Crippen LogP contribution in [0.1, 0.15) is 65.2 Å². The number of alkyl halides is 1. The summed E-state index contributed by atoms with van der Waals surface area (Å²) in [5, 5.41) is 10.0. The molecule has 0 spiro atoms. The van der Waals surface area contributed by atoms with Crippen LogP contribution in [-0.4, -0.2) is 23.2 Å². The van der Waals surface area contributed by atoms with Gasteiger partial charge in [0.05, 0.1) is 6.10 Å². The summed E-state index contributed by atoms with van der Waals surface area (Å²) in [7, 11) is 0. The third kappa shape index (κ3) is 1.84. The Bertz CT molecular complexity index is 492. The maximum Gasteiger partial charge on any atom is 0.173 e. The summed E-state index contributed by atoms with van der Waals surface area (Å²) in [4.78, 5) is 12.3. The minimum absolute atomic E-state index is 0.109. The van der Waals surface area contributed by atoms with E-state index >= 15 is 0 Å². The molecule has 4 aliphatic rings. The van der Waals surface area contributed by atoms with Crippen LogP contribution >= 0.6 is 0 Å². The third-order valence-electron chi connectivity index (χ3n) is 8.34. The molecule has 2 nitrogen and oxygen atoms in total. The average molecular weight is 308 g/mol. The lowest BCUT2D eigenvalue weighted by atomic mass is 9.45. The van der Waals surface area contributed by atoms with E-state index in [2.05, 4.69) is 6.92 Å². The molecule has 0 bridgehead atoms. The topological polar surface area (TPSA) is 37.3 Å². The fourth-order valence-corrected chi connectivity index (χ4v) is 6.98. The lowest BCUT2D eigenvalue weighted by Gasteiger charge is -2.59. The Morgan fingerprint density at radius 1 is 1.05 bits per heavy atom. The Labute approximate surface area is 132 Å². The molecule has 4 saturated carbocycles. The number of halogens is 1. The molecule has 0 aromatic carbocycles. The normalized spacial score (nSPS) is 57.9. The standard InChI is InChI=1S/C19H29FO2/c1-18-7-5-12(21)9-11(18)3-4-13-14(18)6-8-19(2)15(13)10-16(20)17(19)22/h11-16,21H,3-10H2,1-2H3/t11?,12-,13+,14-,15-,16+,18-,19-/m0/s1. The highest BCUT2D eigenvalue weighted by Gasteiger charge is 2.62. The van der Waals surface area contributed by atoms with Gasteiger partial charge >= 0.3 is 0 Å². The molecule has 0 amide bonds. The minimum atomic E-state index is -1.22. The number of carbonyl (C=O) groups excluding carboxylic acids is 1. The number of fused-ring (bicyclic) bond motifs is 5. The molecule has 0 saturated heterocycles. The van der Waals surface area contributed by atoms with Crippen molar-refractivity contribution >= 4 is 5.78 Å². The quantitative estimate of drug-likeness (QED) is 0.737. The van der Waals surface area contributed by atoms with Crippen LogP contribution in [0.15, 0.2) is 0 Å². The summed E-state index contributed by atoms with van der Waals surface area (Å²) >= 11 is 0. The largest absolute Gasteiger partial charge is 0.393 e. The fraction of sp³-hybridized carbons (Fsp3) is 0.947. The van der Waals surface area contributed by atoms with Crippen LogP contribution in [-0.2, 0) is 4.79 Å². The molecule has 0 aromatic heterocycles. The van der Waals surface area contributed by atoms with Crippen LogP contribution in [0.5, 0.6) is 0 Å². The van der Waals surface area contributed by atoms with Crippen LogP contribution in [0, 0.1) is 34.5 Å². The van der Waals surface area contributed by atoms with Gasteiger partial charge in [0.15, 0.2) is 12.0 Å². The van der Waals surface area contributed by atoms with Crippen molar-refractivity contribution in [1.82, 2.24) is 0 Å². The van der Waals surface area contributed by atoms with E-state index in [9.17, 15) is 14.3 Å². The van der Waals surface area contributed by atoms with Gasteiger partial charge in [-0.3, -0.25) is 4.79 Å². The maximum absolute atomic E-state index is 14.1. The van der Waals surface area contributed by atoms with Gasteiger partial charge in [-0.25, -0.2) is 4.39 Å². The van der Waals surface area contributed by atoms with E-state index in [1.54, 1.807) is 0 Å². The van der Waals surface area contributed by atoms with E-state index in [4.69, 9.17) is 0 Å². The fourth-order valence-electron chi connectivity index (χ4n) is 6.98. The predicted octanol–water partition coefficient (Wildman–Crippen LogP) is 3.91. The van der Waals surface area contributed by atoms with Crippen LogP contribution in [0.3, 0.4) is 0 Å². The molecule has 1 unspecified atom stereocenters. The Morgan fingerprint density at radius 2 is 1.82 bits per heavy atom. The lowest BCUT2D eigenvalue weighted by molar-refractivity contribution is -0.143. The van der Waals surface area contributed by atoms with Crippen molar-refractivity contribution in [3.8, 4) is 0 Å². The van der Waals surface area contributed by atoms with E-state index in [-0.39, 0.29) is 17.8 Å². The smallest absolute Gasteiger partial charge is 0.173 e. The Hall–Kier alpha value is -0.440. The van der Waals surface area contributed by atoms with Gasteiger partial charge in [0, 0.05) is 5.41 Å². The molecule has 0 heterocycles. The number of ketones is 1. The maximum atomic E-state index is 14.1. The second-order valence-corrected chi connectivity index (χ2v) is 9.11. The van der Waals surface area contributed by atoms with Crippen molar-refractivity contribution in [3.63, 3.8) is 0 Å². The Kier molecular flexibility index (Phi) is 3.28. The summed E-state index contributed by atoms with van der Waals surface area (Å²) in [6.07, 6.45) is 6.37. The Balaban J connectivity index is 1.64. The second-order valence-electron chi connectivity index (χ2n) is 9.11. The van der Waals surface area contributed by atoms with E-state index in [0.29, 0.717) is 29.6 Å². The summed E-state index contributed by atoms with van der Waals surface area (Å²) in [6, 6.07) is 0. The molecule has 4 aliphatic carbocycles. The van der Waals surface area contributed by atoms with E-state index in [0.717, 1.165) is 44.9 Å². The average Bonchev–Trinajstić information content (AvgIpc) is 2.72. The van der Waals surface area contributed by atoms with Gasteiger partial charge in [-0.15, -0.1) is 0 Å². The van der Waals surface area contributed by atoms with Crippen LogP contribution in [0.25, 0.3) is 0 Å². The molecule has 124 valence electrons. The molecule has 4 fully saturated rings. The molecule has 3 heteroatoms. The van der Waals surface area contributed by atoms with Gasteiger partial charge < -0.3 is 5.11 Å². The van der Waals surface area contributed by atoms with Gasteiger partial charge in [0.25, 0.3) is 0 Å². The molecule has 0 aromatic rings. The summed E-state index contributed by atoms with van der Waals surface area (Å²) in [5.74, 6) is 1.94. The first-order chi connectivity index (χ1) is 10.4. The van der Waals surface area contributed by atoms with Crippen molar-refractivity contribution in [2.45, 2.75) is 77.5 Å². The van der Waals surface area contributed by atoms with Crippen LogP contribution < -0.4 is 0 Å². The lowest BCUT2D eigenvalue weighted by Crippen LogP contribution is -2.54. The monoisotopic (exact) mass is 308 g/mol. The molecule has 4 rings (SSSR count). The SMILES string of the molecule is C[C@]12CC[C@H](O)CC1CC[C@@H]1[C@@H]2CC[C@]2(C)C(=O)[C@H](F)C[C@@H]12. The zero-order valence-corrected chi connectivity index (χ0v) is 13.9. The predicted molar refractivity (Wildman–Crippen MR) is 83.0 cm³/mol. The van der Waals surface area contributed by atoms with E-state index in [1.165, 1.54) is 0 Å². The first-order valence-corrected chi connectivity index (χ1v) is 9.23. The van der Waals surface area contributed by atoms with Crippen molar-refractivity contribution < 1.29 is 14.3 Å². The van der Waals surface area contributed by atoms with Crippen molar-refractivity contribution in [1.29, 1.82) is 0 Å². The van der Waals surface area contributed by atoms with Crippen molar-refractivity contribution in [3.05, 3.63) is 0 Å². The molecule has 0 radical (unpaired) electrons. The van der Waals surface area contributed by atoms with Gasteiger partial charge in [0.2, 0.25) is 0 Å².